The van der Waals surface area contributed by atoms with Gasteiger partial charge in [0.15, 0.2) is 5.65 Å². The lowest BCUT2D eigenvalue weighted by Crippen LogP contribution is -2.37. The zero-order valence-electron chi connectivity index (χ0n) is 14.6. The number of fused-ring (bicyclic) bond motifs is 1. The van der Waals surface area contributed by atoms with Crippen molar-refractivity contribution in [3.05, 3.63) is 36.0 Å². The number of aliphatic hydroxyl groups is 1. The van der Waals surface area contributed by atoms with Gasteiger partial charge in [0.05, 0.1) is 18.4 Å². The number of imidazole rings is 1. The van der Waals surface area contributed by atoms with Crippen LogP contribution in [0, 0.1) is 19.3 Å². The van der Waals surface area contributed by atoms with E-state index in [9.17, 15) is 5.11 Å². The van der Waals surface area contributed by atoms with E-state index in [1.807, 2.05) is 36.8 Å². The van der Waals surface area contributed by atoms with Gasteiger partial charge in [-0.25, -0.2) is 14.5 Å². The molecule has 1 aliphatic heterocycles. The predicted molar refractivity (Wildman–Crippen MR) is 93.3 cm³/mol. The monoisotopic (exact) mass is 341 g/mol. The molecule has 25 heavy (non-hydrogen) atoms. The fraction of sp³-hybridized carbons (Fsp3) is 0.500. The van der Waals surface area contributed by atoms with E-state index in [1.165, 1.54) is 0 Å². The highest BCUT2D eigenvalue weighted by Gasteiger charge is 2.33. The second-order valence-corrected chi connectivity index (χ2v) is 6.98. The Morgan fingerprint density at radius 1 is 1.28 bits per heavy atom. The third-order valence-corrected chi connectivity index (χ3v) is 5.13. The van der Waals surface area contributed by atoms with Crippen LogP contribution in [-0.4, -0.2) is 49.1 Å². The van der Waals surface area contributed by atoms with Crippen molar-refractivity contribution in [1.82, 2.24) is 24.1 Å². The zero-order valence-corrected chi connectivity index (χ0v) is 14.6. The van der Waals surface area contributed by atoms with E-state index >= 15 is 0 Å². The van der Waals surface area contributed by atoms with Crippen molar-refractivity contribution < 1.29 is 9.84 Å². The highest BCUT2D eigenvalue weighted by molar-refractivity contribution is 5.72. The number of hydrogen-bond donors (Lipinski definition) is 1. The number of nitrogens with zero attached hydrogens (tertiary/aromatic N) is 5. The molecule has 0 bridgehead atoms. The predicted octanol–water partition coefficient (Wildman–Crippen LogP) is 2.00. The van der Waals surface area contributed by atoms with Crippen LogP contribution < -0.4 is 0 Å². The topological polar surface area (TPSA) is 77.5 Å². The van der Waals surface area contributed by atoms with Crippen LogP contribution in [0.25, 0.3) is 17.0 Å². The summed E-state index contributed by atoms with van der Waals surface area (Å²) in [6.07, 6.45) is 7.29. The molecule has 132 valence electrons. The Morgan fingerprint density at radius 2 is 2.08 bits per heavy atom. The molecular formula is C18H23N5O2. The molecule has 0 spiro atoms. The fourth-order valence-corrected chi connectivity index (χ4v) is 3.64. The molecule has 7 heteroatoms. The summed E-state index contributed by atoms with van der Waals surface area (Å²) in [5.41, 5.74) is 3.58. The molecule has 0 atom stereocenters. The van der Waals surface area contributed by atoms with Crippen LogP contribution in [0.4, 0.5) is 0 Å². The summed E-state index contributed by atoms with van der Waals surface area (Å²) in [6.45, 7) is 6.26. The summed E-state index contributed by atoms with van der Waals surface area (Å²) < 4.78 is 9.43. The molecule has 0 amide bonds. The van der Waals surface area contributed by atoms with E-state index in [4.69, 9.17) is 4.74 Å². The van der Waals surface area contributed by atoms with Crippen LogP contribution in [0.2, 0.25) is 0 Å². The molecule has 0 aromatic carbocycles. The molecule has 1 fully saturated rings. The van der Waals surface area contributed by atoms with Crippen molar-refractivity contribution in [3.63, 3.8) is 0 Å². The molecule has 0 saturated carbocycles. The minimum atomic E-state index is -0.157. The van der Waals surface area contributed by atoms with Crippen LogP contribution in [-0.2, 0) is 11.3 Å². The lowest BCUT2D eigenvalue weighted by molar-refractivity contribution is -0.0250. The zero-order chi connectivity index (χ0) is 17.4. The van der Waals surface area contributed by atoms with Gasteiger partial charge in [0.25, 0.3) is 0 Å². The number of hydrogen-bond acceptors (Lipinski definition) is 5. The molecular weight excluding hydrogens is 318 g/mol. The Balaban J connectivity index is 1.75. The Kier molecular flexibility index (Phi) is 4.05. The van der Waals surface area contributed by atoms with Gasteiger partial charge in [-0.1, -0.05) is 0 Å². The van der Waals surface area contributed by atoms with Crippen molar-refractivity contribution in [2.45, 2.75) is 33.2 Å². The van der Waals surface area contributed by atoms with Crippen molar-refractivity contribution >= 4 is 5.65 Å². The summed E-state index contributed by atoms with van der Waals surface area (Å²) in [7, 11) is 0. The Morgan fingerprint density at radius 3 is 2.84 bits per heavy atom. The van der Waals surface area contributed by atoms with Gasteiger partial charge in [0.1, 0.15) is 5.82 Å². The molecule has 0 aliphatic carbocycles. The lowest BCUT2D eigenvalue weighted by atomic mass is 9.81. The van der Waals surface area contributed by atoms with E-state index in [1.54, 1.807) is 6.20 Å². The van der Waals surface area contributed by atoms with Gasteiger partial charge in [-0.3, -0.25) is 0 Å². The standard InChI is InChI=1S/C18H23N5O2/c1-13-9-14(2)23-17(21-13)15(10-20-23)16-19-5-6-22(16)11-18(12-24)3-7-25-8-4-18/h5-6,9-10,24H,3-4,7-8,11-12H2,1-2H3. The average Bonchev–Trinajstić information content (AvgIpc) is 3.22. The average molecular weight is 341 g/mol. The third-order valence-electron chi connectivity index (χ3n) is 5.13. The lowest BCUT2D eigenvalue weighted by Gasteiger charge is -2.36. The van der Waals surface area contributed by atoms with Crippen molar-refractivity contribution in [3.8, 4) is 11.4 Å². The normalized spacial score (nSPS) is 17.2. The van der Waals surface area contributed by atoms with Gasteiger partial charge >= 0.3 is 0 Å². The first-order valence-corrected chi connectivity index (χ1v) is 8.64. The molecule has 4 heterocycles. The minimum Gasteiger partial charge on any atom is -0.396 e. The summed E-state index contributed by atoms with van der Waals surface area (Å²) in [5.74, 6) is 0.840. The molecule has 1 aliphatic rings. The molecule has 3 aromatic rings. The molecule has 4 rings (SSSR count). The van der Waals surface area contributed by atoms with Gasteiger partial charge in [0, 0.05) is 49.0 Å². The van der Waals surface area contributed by atoms with Gasteiger partial charge in [-0.05, 0) is 32.8 Å². The van der Waals surface area contributed by atoms with Crippen LogP contribution in [0.15, 0.2) is 24.7 Å². The Bertz CT molecular complexity index is 892. The summed E-state index contributed by atoms with van der Waals surface area (Å²) in [4.78, 5) is 9.21. The van der Waals surface area contributed by atoms with Crippen molar-refractivity contribution in [1.29, 1.82) is 0 Å². The number of aryl methyl sites for hydroxylation is 2. The van der Waals surface area contributed by atoms with E-state index in [0.717, 1.165) is 41.3 Å². The first-order chi connectivity index (χ1) is 12.1. The number of rotatable bonds is 4. The Hall–Kier alpha value is -2.25. The van der Waals surface area contributed by atoms with Gasteiger partial charge in [-0.15, -0.1) is 0 Å². The van der Waals surface area contributed by atoms with Crippen LogP contribution >= 0.6 is 0 Å². The number of aliphatic hydroxyl groups excluding tert-OH is 1. The summed E-state index contributed by atoms with van der Waals surface area (Å²) in [5, 5.41) is 14.5. The highest BCUT2D eigenvalue weighted by Crippen LogP contribution is 2.34. The maximum atomic E-state index is 9.99. The van der Waals surface area contributed by atoms with E-state index in [-0.39, 0.29) is 12.0 Å². The second kappa shape index (κ2) is 6.24. The summed E-state index contributed by atoms with van der Waals surface area (Å²) in [6, 6.07) is 2.01. The fourth-order valence-electron chi connectivity index (χ4n) is 3.64. The molecule has 3 aromatic heterocycles. The van der Waals surface area contributed by atoms with Crippen molar-refractivity contribution in [2.75, 3.05) is 19.8 Å². The maximum Gasteiger partial charge on any atom is 0.166 e. The maximum absolute atomic E-state index is 9.99. The van der Waals surface area contributed by atoms with E-state index < -0.39 is 0 Å². The molecule has 1 N–H and O–H groups in total. The van der Waals surface area contributed by atoms with Gasteiger partial charge < -0.3 is 14.4 Å². The molecule has 0 unspecified atom stereocenters. The van der Waals surface area contributed by atoms with Crippen molar-refractivity contribution in [2.24, 2.45) is 5.41 Å². The number of aromatic nitrogens is 5. The summed E-state index contributed by atoms with van der Waals surface area (Å²) >= 11 is 0. The quantitative estimate of drug-likeness (QED) is 0.785. The highest BCUT2D eigenvalue weighted by atomic mass is 16.5. The number of ether oxygens (including phenoxy) is 1. The van der Waals surface area contributed by atoms with Crippen LogP contribution in [0.5, 0.6) is 0 Å². The first-order valence-electron chi connectivity index (χ1n) is 8.64. The molecule has 1 saturated heterocycles. The largest absolute Gasteiger partial charge is 0.396 e. The molecule has 0 radical (unpaired) electrons. The van der Waals surface area contributed by atoms with Gasteiger partial charge in [-0.2, -0.15) is 5.10 Å². The second-order valence-electron chi connectivity index (χ2n) is 6.98. The van der Waals surface area contributed by atoms with E-state index in [0.29, 0.717) is 19.8 Å². The smallest absolute Gasteiger partial charge is 0.166 e. The Labute approximate surface area is 146 Å². The first kappa shape index (κ1) is 16.2. The minimum absolute atomic E-state index is 0.152. The third kappa shape index (κ3) is 2.83. The van der Waals surface area contributed by atoms with Crippen LogP contribution in [0.1, 0.15) is 24.2 Å². The molecule has 7 nitrogen and oxygen atoms in total. The SMILES string of the molecule is Cc1cc(C)n2ncc(-c3nccn3CC3(CO)CCOCC3)c2n1. The van der Waals surface area contributed by atoms with Crippen LogP contribution in [0.3, 0.4) is 0 Å². The van der Waals surface area contributed by atoms with Gasteiger partial charge in [0.2, 0.25) is 0 Å². The van der Waals surface area contributed by atoms with E-state index in [2.05, 4.69) is 19.6 Å².